The van der Waals surface area contributed by atoms with Crippen molar-refractivity contribution in [2.45, 2.75) is 46.1 Å². The second-order valence-electron chi connectivity index (χ2n) is 6.59. The molecule has 0 radical (unpaired) electrons. The van der Waals surface area contributed by atoms with E-state index in [-0.39, 0.29) is 23.1 Å². The van der Waals surface area contributed by atoms with Crippen LogP contribution >= 0.6 is 11.3 Å². The van der Waals surface area contributed by atoms with Crippen molar-refractivity contribution in [2.24, 2.45) is 11.7 Å². The van der Waals surface area contributed by atoms with Crippen molar-refractivity contribution in [3.05, 3.63) is 28.9 Å². The molecule has 0 fully saturated rings. The van der Waals surface area contributed by atoms with Gasteiger partial charge in [-0.1, -0.05) is 34.6 Å². The van der Waals surface area contributed by atoms with Gasteiger partial charge < -0.3 is 15.5 Å². The van der Waals surface area contributed by atoms with E-state index in [0.29, 0.717) is 5.89 Å². The molecule has 120 valence electrons. The van der Waals surface area contributed by atoms with Crippen LogP contribution < -0.4 is 11.1 Å². The number of hydrogen-bond acceptors (Lipinski definition) is 6. The van der Waals surface area contributed by atoms with Crippen LogP contribution in [0.15, 0.2) is 16.1 Å². The molecule has 22 heavy (non-hydrogen) atoms. The van der Waals surface area contributed by atoms with E-state index >= 15 is 0 Å². The number of oxazole rings is 1. The molecule has 0 unspecified atom stereocenters. The van der Waals surface area contributed by atoms with Gasteiger partial charge in [0, 0.05) is 10.8 Å². The number of nitrogens with one attached hydrogen (secondary N) is 1. The molecule has 0 spiro atoms. The summed E-state index contributed by atoms with van der Waals surface area (Å²) in [6, 6.07) is -0.174. The van der Waals surface area contributed by atoms with Gasteiger partial charge in [-0.3, -0.25) is 4.79 Å². The normalized spacial score (nSPS) is 13.4. The number of nitrogens with two attached hydrogens (primary N) is 1. The Morgan fingerprint density at radius 3 is 2.50 bits per heavy atom. The molecule has 3 N–H and O–H groups in total. The predicted molar refractivity (Wildman–Crippen MR) is 87.0 cm³/mol. The molecule has 0 aliphatic carbocycles. The average Bonchev–Trinajstić information content (AvgIpc) is 3.04. The maximum absolute atomic E-state index is 11.1. The van der Waals surface area contributed by atoms with Gasteiger partial charge in [0.15, 0.2) is 10.8 Å². The van der Waals surface area contributed by atoms with Crippen molar-refractivity contribution < 1.29 is 9.21 Å². The SMILES string of the molecule is CC(C)[C@H](Nc1nc(C(C)(C)C)cs1)c1nc(C(N)=O)co1. The molecule has 0 saturated heterocycles. The molecule has 1 atom stereocenters. The van der Waals surface area contributed by atoms with E-state index in [1.807, 2.05) is 19.2 Å². The van der Waals surface area contributed by atoms with Crippen molar-refractivity contribution in [1.29, 1.82) is 0 Å². The average molecular weight is 322 g/mol. The predicted octanol–water partition coefficient (Wildman–Crippen LogP) is 3.34. The van der Waals surface area contributed by atoms with Crippen LogP contribution in [0.1, 0.15) is 62.7 Å². The monoisotopic (exact) mass is 322 g/mol. The molecule has 2 aromatic heterocycles. The van der Waals surface area contributed by atoms with E-state index in [9.17, 15) is 4.79 Å². The number of carbonyl (C=O) groups is 1. The van der Waals surface area contributed by atoms with Crippen LogP contribution in [-0.2, 0) is 5.41 Å². The Bertz CT molecular complexity index is 655. The van der Waals surface area contributed by atoms with Gasteiger partial charge in [0.1, 0.15) is 12.3 Å². The van der Waals surface area contributed by atoms with Crippen LogP contribution in [0.2, 0.25) is 0 Å². The molecule has 1 amide bonds. The smallest absolute Gasteiger partial charge is 0.270 e. The molecule has 6 nitrogen and oxygen atoms in total. The molecule has 0 saturated carbocycles. The Balaban J connectivity index is 2.22. The lowest BCUT2D eigenvalue weighted by Crippen LogP contribution is -2.18. The van der Waals surface area contributed by atoms with Crippen LogP contribution in [-0.4, -0.2) is 15.9 Å². The van der Waals surface area contributed by atoms with Crippen LogP contribution in [0.4, 0.5) is 5.13 Å². The third-order valence-electron chi connectivity index (χ3n) is 3.26. The van der Waals surface area contributed by atoms with Gasteiger partial charge in [0.25, 0.3) is 5.91 Å². The second-order valence-corrected chi connectivity index (χ2v) is 7.45. The highest BCUT2D eigenvalue weighted by atomic mass is 32.1. The zero-order valence-corrected chi connectivity index (χ0v) is 14.3. The highest BCUT2D eigenvalue weighted by Crippen LogP contribution is 2.31. The summed E-state index contributed by atoms with van der Waals surface area (Å²) in [6.07, 6.45) is 1.29. The molecule has 7 heteroatoms. The standard InChI is InChI=1S/C15H22N4O2S/c1-8(2)11(13-17-9(6-21-13)12(16)20)19-14-18-10(7-22-14)15(3,4)5/h6-8,11H,1-5H3,(H2,16,20)(H,18,19)/t11-/m0/s1. The van der Waals surface area contributed by atoms with Crippen molar-refractivity contribution in [1.82, 2.24) is 9.97 Å². The van der Waals surface area contributed by atoms with Gasteiger partial charge in [-0.05, 0) is 5.92 Å². The van der Waals surface area contributed by atoms with Gasteiger partial charge in [0.2, 0.25) is 5.89 Å². The lowest BCUT2D eigenvalue weighted by atomic mass is 9.93. The third kappa shape index (κ3) is 3.65. The number of rotatable bonds is 5. The van der Waals surface area contributed by atoms with E-state index in [4.69, 9.17) is 10.2 Å². The first-order chi connectivity index (χ1) is 10.2. The highest BCUT2D eigenvalue weighted by Gasteiger charge is 2.24. The zero-order chi connectivity index (χ0) is 16.5. The van der Waals surface area contributed by atoms with Gasteiger partial charge in [0.05, 0.1) is 5.69 Å². The number of hydrogen-bond donors (Lipinski definition) is 2. The first-order valence-electron chi connectivity index (χ1n) is 7.16. The second kappa shape index (κ2) is 6.08. The number of thiazole rings is 1. The van der Waals surface area contributed by atoms with E-state index < -0.39 is 5.91 Å². The first-order valence-corrected chi connectivity index (χ1v) is 8.04. The highest BCUT2D eigenvalue weighted by molar-refractivity contribution is 7.13. The Labute approximate surface area is 134 Å². The molecular weight excluding hydrogens is 300 g/mol. The number of carbonyl (C=O) groups excluding carboxylic acids is 1. The summed E-state index contributed by atoms with van der Waals surface area (Å²) >= 11 is 1.55. The molecule has 2 heterocycles. The van der Waals surface area contributed by atoms with Crippen LogP contribution in [0, 0.1) is 5.92 Å². The molecule has 0 aliphatic rings. The van der Waals surface area contributed by atoms with Crippen LogP contribution in [0.25, 0.3) is 0 Å². The fourth-order valence-corrected chi connectivity index (χ4v) is 2.85. The van der Waals surface area contributed by atoms with Crippen LogP contribution in [0.5, 0.6) is 0 Å². The quantitative estimate of drug-likeness (QED) is 0.880. The summed E-state index contributed by atoms with van der Waals surface area (Å²) in [6.45, 7) is 10.5. The van der Waals surface area contributed by atoms with Crippen LogP contribution in [0.3, 0.4) is 0 Å². The summed E-state index contributed by atoms with van der Waals surface area (Å²) in [5.74, 6) is 0.0550. The lowest BCUT2D eigenvalue weighted by Gasteiger charge is -2.19. The minimum Gasteiger partial charge on any atom is -0.446 e. The van der Waals surface area contributed by atoms with Crippen molar-refractivity contribution >= 4 is 22.4 Å². The van der Waals surface area contributed by atoms with Crippen molar-refractivity contribution in [3.8, 4) is 0 Å². The Morgan fingerprint density at radius 2 is 2.05 bits per heavy atom. The maximum atomic E-state index is 11.1. The Morgan fingerprint density at radius 1 is 1.36 bits per heavy atom. The number of anilines is 1. The Hall–Kier alpha value is -1.89. The molecular formula is C15H22N4O2S. The van der Waals surface area contributed by atoms with E-state index in [0.717, 1.165) is 10.8 Å². The topological polar surface area (TPSA) is 94.0 Å². The van der Waals surface area contributed by atoms with Gasteiger partial charge in [-0.2, -0.15) is 0 Å². The number of amides is 1. The minimum atomic E-state index is -0.596. The van der Waals surface area contributed by atoms with Crippen molar-refractivity contribution in [2.75, 3.05) is 5.32 Å². The first kappa shape index (κ1) is 16.5. The lowest BCUT2D eigenvalue weighted by molar-refractivity contribution is 0.0995. The fourth-order valence-electron chi connectivity index (χ4n) is 1.87. The summed E-state index contributed by atoms with van der Waals surface area (Å²) in [4.78, 5) is 19.9. The fraction of sp³-hybridized carbons (Fsp3) is 0.533. The summed E-state index contributed by atoms with van der Waals surface area (Å²) in [7, 11) is 0. The number of primary amides is 1. The minimum absolute atomic E-state index is 0.00578. The van der Waals surface area contributed by atoms with E-state index in [2.05, 4.69) is 36.1 Å². The molecule has 0 bridgehead atoms. The van der Waals surface area contributed by atoms with Gasteiger partial charge in [-0.25, -0.2) is 9.97 Å². The molecule has 2 aromatic rings. The molecule has 0 aromatic carbocycles. The number of aromatic nitrogens is 2. The summed E-state index contributed by atoms with van der Waals surface area (Å²) < 4.78 is 5.40. The van der Waals surface area contributed by atoms with Gasteiger partial charge >= 0.3 is 0 Å². The summed E-state index contributed by atoms with van der Waals surface area (Å²) in [5, 5.41) is 6.19. The molecule has 0 aliphatic heterocycles. The Kier molecular flexibility index (Phi) is 4.55. The maximum Gasteiger partial charge on any atom is 0.270 e. The van der Waals surface area contributed by atoms with E-state index in [1.54, 1.807) is 11.3 Å². The molecule has 2 rings (SSSR count). The largest absolute Gasteiger partial charge is 0.446 e. The third-order valence-corrected chi connectivity index (χ3v) is 4.03. The van der Waals surface area contributed by atoms with E-state index in [1.165, 1.54) is 6.26 Å². The number of nitrogens with zero attached hydrogens (tertiary/aromatic N) is 2. The zero-order valence-electron chi connectivity index (χ0n) is 13.5. The summed E-state index contributed by atoms with van der Waals surface area (Å²) in [5.41, 5.74) is 6.39. The van der Waals surface area contributed by atoms with Gasteiger partial charge in [-0.15, -0.1) is 11.3 Å². The van der Waals surface area contributed by atoms with Crippen molar-refractivity contribution in [3.63, 3.8) is 0 Å².